The van der Waals surface area contributed by atoms with Crippen molar-refractivity contribution in [2.24, 2.45) is 10.4 Å². The summed E-state index contributed by atoms with van der Waals surface area (Å²) in [6.45, 7) is 23.7. The lowest BCUT2D eigenvalue weighted by Gasteiger charge is -2.29. The lowest BCUT2D eigenvalue weighted by Crippen LogP contribution is -2.27. The molecule has 0 heterocycles. The van der Waals surface area contributed by atoms with Gasteiger partial charge >= 0.3 is 0 Å². The van der Waals surface area contributed by atoms with Crippen LogP contribution in [-0.2, 0) is 4.79 Å². The van der Waals surface area contributed by atoms with E-state index in [2.05, 4.69) is 51.9 Å². The summed E-state index contributed by atoms with van der Waals surface area (Å²) in [6, 6.07) is 0. The van der Waals surface area contributed by atoms with Crippen molar-refractivity contribution in [2.75, 3.05) is 13.6 Å². The van der Waals surface area contributed by atoms with E-state index < -0.39 is 0 Å². The maximum Gasteiger partial charge on any atom is 0.134 e. The van der Waals surface area contributed by atoms with Gasteiger partial charge in [-0.25, -0.2) is 4.99 Å². The fraction of sp³-hybridized carbons (Fsp3) is 0.583. The topological polar surface area (TPSA) is 32.7 Å². The lowest BCUT2D eigenvalue weighted by molar-refractivity contribution is -0.118. The van der Waals surface area contributed by atoms with Gasteiger partial charge in [0, 0.05) is 26.4 Å². The molecular formula is C24H40N2O. The molecule has 0 aliphatic rings. The molecule has 0 radical (unpaired) electrons. The Balaban J connectivity index is 5.50. The molecule has 0 amide bonds. The van der Waals surface area contributed by atoms with Crippen LogP contribution in [0.4, 0.5) is 0 Å². The van der Waals surface area contributed by atoms with E-state index >= 15 is 0 Å². The van der Waals surface area contributed by atoms with Gasteiger partial charge in [0.15, 0.2) is 0 Å². The quantitative estimate of drug-likeness (QED) is 0.236. The molecule has 0 unspecified atom stereocenters. The number of allylic oxidation sites excluding steroid dienone is 4. The van der Waals surface area contributed by atoms with E-state index in [1.54, 1.807) is 0 Å². The van der Waals surface area contributed by atoms with Crippen molar-refractivity contribution in [1.82, 2.24) is 4.90 Å². The Hall–Kier alpha value is -1.90. The molecule has 0 spiro atoms. The Labute approximate surface area is 167 Å². The van der Waals surface area contributed by atoms with E-state index in [0.29, 0.717) is 19.4 Å². The van der Waals surface area contributed by atoms with Crippen LogP contribution in [0.3, 0.4) is 0 Å². The first-order valence-corrected chi connectivity index (χ1v) is 10.0. The number of carbonyl (C=O) groups is 1. The molecule has 0 aliphatic carbocycles. The van der Waals surface area contributed by atoms with Crippen LogP contribution in [0.1, 0.15) is 74.1 Å². The lowest BCUT2D eigenvalue weighted by atomic mass is 9.76. The molecule has 0 aliphatic heterocycles. The van der Waals surface area contributed by atoms with Crippen LogP contribution in [0.15, 0.2) is 52.7 Å². The molecular weight excluding hydrogens is 332 g/mol. The maximum atomic E-state index is 11.5. The number of Topliss-reactive ketones (excluding diaryl/α,β-unsaturated/α-hetero) is 1. The molecule has 152 valence electrons. The molecule has 0 rings (SSSR count). The Bertz CT molecular complexity index is 633. The van der Waals surface area contributed by atoms with E-state index in [4.69, 9.17) is 0 Å². The van der Waals surface area contributed by atoms with E-state index in [-0.39, 0.29) is 11.2 Å². The summed E-state index contributed by atoms with van der Waals surface area (Å²) in [6.07, 6.45) is 7.59. The highest BCUT2D eigenvalue weighted by Crippen LogP contribution is 2.37. The van der Waals surface area contributed by atoms with Crippen LogP contribution in [0.25, 0.3) is 0 Å². The number of nitrogens with zero attached hydrogens (tertiary/aromatic N) is 2. The van der Waals surface area contributed by atoms with E-state index in [0.717, 1.165) is 35.5 Å². The van der Waals surface area contributed by atoms with Crippen LogP contribution in [0, 0.1) is 5.41 Å². The second-order valence-corrected chi connectivity index (χ2v) is 7.89. The van der Waals surface area contributed by atoms with Gasteiger partial charge in [0.05, 0.1) is 5.70 Å². The molecule has 3 heteroatoms. The summed E-state index contributed by atoms with van der Waals surface area (Å²) < 4.78 is 0. The van der Waals surface area contributed by atoms with E-state index in [1.807, 2.05) is 38.8 Å². The fourth-order valence-electron chi connectivity index (χ4n) is 3.12. The number of rotatable bonds is 11. The minimum Gasteiger partial charge on any atom is -0.363 e. The first-order chi connectivity index (χ1) is 12.5. The zero-order valence-electron chi connectivity index (χ0n) is 18.9. The summed E-state index contributed by atoms with van der Waals surface area (Å²) >= 11 is 0. The average Bonchev–Trinajstić information content (AvgIpc) is 2.58. The molecule has 0 saturated carbocycles. The average molecular weight is 373 g/mol. The molecule has 0 saturated heterocycles. The standard InChI is InChI=1S/C24H40N2O/c1-11-15-24(8,9)23(18(4)5)17-21(12-2)19(6)25-20(7)26(10)16-14-22(27)13-3/h12,17H,4,6,11,13-16H2,1-3,5,7-10H3/b21-12+,23-17+,25-20+. The highest BCUT2D eigenvalue weighted by molar-refractivity contribution is 5.82. The first-order valence-electron chi connectivity index (χ1n) is 10.0. The number of carbonyl (C=O) groups excluding carboxylic acids is 1. The Morgan fingerprint density at radius 1 is 1.19 bits per heavy atom. The van der Waals surface area contributed by atoms with Crippen LogP contribution < -0.4 is 0 Å². The minimum atomic E-state index is 0.0607. The van der Waals surface area contributed by atoms with Crippen molar-refractivity contribution >= 4 is 11.6 Å². The third-order valence-electron chi connectivity index (χ3n) is 4.98. The third kappa shape index (κ3) is 8.55. The number of amidine groups is 1. The van der Waals surface area contributed by atoms with Gasteiger partial charge in [-0.05, 0) is 49.8 Å². The van der Waals surface area contributed by atoms with Crippen molar-refractivity contribution in [1.29, 1.82) is 0 Å². The van der Waals surface area contributed by atoms with Crippen molar-refractivity contribution in [3.8, 4) is 0 Å². The molecule has 3 nitrogen and oxygen atoms in total. The molecule has 0 atom stereocenters. The summed E-state index contributed by atoms with van der Waals surface area (Å²) in [5.41, 5.74) is 4.12. The number of ketones is 1. The minimum absolute atomic E-state index is 0.0607. The Morgan fingerprint density at radius 2 is 1.78 bits per heavy atom. The molecule has 0 aromatic rings. The van der Waals surface area contributed by atoms with Gasteiger partial charge in [0.2, 0.25) is 0 Å². The third-order valence-corrected chi connectivity index (χ3v) is 4.98. The van der Waals surface area contributed by atoms with Crippen molar-refractivity contribution in [2.45, 2.75) is 74.1 Å². The number of aliphatic imine (C=N–C) groups is 1. The normalized spacial score (nSPS) is 13.6. The predicted octanol–water partition coefficient (Wildman–Crippen LogP) is 6.49. The SMILES string of the molecule is C=C(C)/C(=C\C(=C/C)C(=C)/N=C(\C)N(C)CCC(=O)CC)C(C)(C)CCC. The number of hydrogen-bond donors (Lipinski definition) is 0. The Morgan fingerprint density at radius 3 is 2.22 bits per heavy atom. The largest absolute Gasteiger partial charge is 0.363 e. The van der Waals surface area contributed by atoms with Gasteiger partial charge in [-0.2, -0.15) is 0 Å². The monoisotopic (exact) mass is 372 g/mol. The van der Waals surface area contributed by atoms with Gasteiger partial charge in [0.25, 0.3) is 0 Å². The molecule has 0 bridgehead atoms. The highest BCUT2D eigenvalue weighted by atomic mass is 16.1. The molecule has 0 aromatic carbocycles. The van der Waals surface area contributed by atoms with Gasteiger partial charge in [-0.15, -0.1) is 0 Å². The number of hydrogen-bond acceptors (Lipinski definition) is 2. The summed E-state index contributed by atoms with van der Waals surface area (Å²) in [7, 11) is 1.96. The fourth-order valence-corrected chi connectivity index (χ4v) is 3.12. The Kier molecular flexibility index (Phi) is 10.9. The molecule has 0 aromatic heterocycles. The van der Waals surface area contributed by atoms with Crippen molar-refractivity contribution in [3.05, 3.63) is 47.7 Å². The zero-order valence-corrected chi connectivity index (χ0v) is 18.9. The van der Waals surface area contributed by atoms with E-state index in [1.165, 1.54) is 5.57 Å². The van der Waals surface area contributed by atoms with Crippen LogP contribution in [-0.4, -0.2) is 30.1 Å². The molecule has 27 heavy (non-hydrogen) atoms. The molecule has 0 N–H and O–H groups in total. The van der Waals surface area contributed by atoms with Crippen LogP contribution in [0.2, 0.25) is 0 Å². The van der Waals surface area contributed by atoms with Crippen molar-refractivity contribution < 1.29 is 4.79 Å². The van der Waals surface area contributed by atoms with Crippen LogP contribution >= 0.6 is 0 Å². The summed E-state index contributed by atoms with van der Waals surface area (Å²) in [4.78, 5) is 18.2. The smallest absolute Gasteiger partial charge is 0.134 e. The second-order valence-electron chi connectivity index (χ2n) is 7.89. The van der Waals surface area contributed by atoms with Crippen molar-refractivity contribution in [3.63, 3.8) is 0 Å². The van der Waals surface area contributed by atoms with E-state index in [9.17, 15) is 4.79 Å². The zero-order chi connectivity index (χ0) is 21.2. The maximum absolute atomic E-state index is 11.5. The van der Waals surface area contributed by atoms with Gasteiger partial charge in [0.1, 0.15) is 11.6 Å². The van der Waals surface area contributed by atoms with Crippen LogP contribution in [0.5, 0.6) is 0 Å². The van der Waals surface area contributed by atoms with Gasteiger partial charge in [-0.3, -0.25) is 4.79 Å². The summed E-state index contributed by atoms with van der Waals surface area (Å²) in [5.74, 6) is 1.14. The van der Waals surface area contributed by atoms with Gasteiger partial charge < -0.3 is 4.90 Å². The predicted molar refractivity (Wildman–Crippen MR) is 120 cm³/mol. The first kappa shape index (κ1) is 25.1. The highest BCUT2D eigenvalue weighted by Gasteiger charge is 2.23. The summed E-state index contributed by atoms with van der Waals surface area (Å²) in [5, 5.41) is 0. The molecule has 0 fully saturated rings. The second kappa shape index (κ2) is 11.7. The van der Waals surface area contributed by atoms with Gasteiger partial charge in [-0.1, -0.05) is 58.9 Å².